The van der Waals surface area contributed by atoms with E-state index in [0.717, 1.165) is 13.2 Å². The molecule has 14 heavy (non-hydrogen) atoms. The highest BCUT2D eigenvalue weighted by molar-refractivity contribution is 4.77. The smallest absolute Gasteiger partial charge is 0.0725 e. The fraction of sp³-hybridized carbons (Fsp3) is 1.00. The van der Waals surface area contributed by atoms with Crippen LogP contribution < -0.4 is 0 Å². The van der Waals surface area contributed by atoms with Crippen molar-refractivity contribution in [3.05, 3.63) is 0 Å². The standard InChI is InChI=1S/C12H25NO/c1-9(2)12-7-13(10(3)4)6-11(5)8-14-12/h9-12H,6-8H2,1-5H3/t11-,12-/m1/s1. The predicted molar refractivity (Wildman–Crippen MR) is 60.5 cm³/mol. The Labute approximate surface area is 88.6 Å². The van der Waals surface area contributed by atoms with Gasteiger partial charge in [0.05, 0.1) is 12.7 Å². The molecule has 0 N–H and O–H groups in total. The maximum absolute atomic E-state index is 5.92. The molecule has 1 rings (SSSR count). The molecule has 0 unspecified atom stereocenters. The van der Waals surface area contributed by atoms with Crippen LogP contribution in [0.4, 0.5) is 0 Å². The summed E-state index contributed by atoms with van der Waals surface area (Å²) in [5.41, 5.74) is 0. The summed E-state index contributed by atoms with van der Waals surface area (Å²) in [7, 11) is 0. The Morgan fingerprint density at radius 2 is 1.79 bits per heavy atom. The molecular weight excluding hydrogens is 174 g/mol. The Kier molecular flexibility index (Phi) is 4.39. The van der Waals surface area contributed by atoms with E-state index in [9.17, 15) is 0 Å². The van der Waals surface area contributed by atoms with Gasteiger partial charge in [0, 0.05) is 19.1 Å². The van der Waals surface area contributed by atoms with Crippen molar-refractivity contribution < 1.29 is 4.74 Å². The third-order valence-electron chi connectivity index (χ3n) is 3.03. The van der Waals surface area contributed by atoms with Crippen LogP contribution in [0.5, 0.6) is 0 Å². The molecule has 2 nitrogen and oxygen atoms in total. The van der Waals surface area contributed by atoms with E-state index in [1.165, 1.54) is 6.54 Å². The zero-order chi connectivity index (χ0) is 10.7. The molecule has 0 aromatic heterocycles. The van der Waals surface area contributed by atoms with Crippen molar-refractivity contribution in [3.63, 3.8) is 0 Å². The number of nitrogens with zero attached hydrogens (tertiary/aromatic N) is 1. The molecule has 1 aliphatic heterocycles. The van der Waals surface area contributed by atoms with Crippen molar-refractivity contribution in [2.45, 2.75) is 46.8 Å². The van der Waals surface area contributed by atoms with Crippen LogP contribution in [0.2, 0.25) is 0 Å². The molecule has 2 atom stereocenters. The molecule has 1 aliphatic rings. The third-order valence-corrected chi connectivity index (χ3v) is 3.03. The van der Waals surface area contributed by atoms with Crippen molar-refractivity contribution in [2.24, 2.45) is 11.8 Å². The second-order valence-corrected chi connectivity index (χ2v) is 5.27. The fourth-order valence-corrected chi connectivity index (χ4v) is 1.92. The monoisotopic (exact) mass is 199 g/mol. The van der Waals surface area contributed by atoms with Gasteiger partial charge in [-0.25, -0.2) is 0 Å². The molecule has 1 fully saturated rings. The first kappa shape index (κ1) is 12.0. The third kappa shape index (κ3) is 3.25. The highest BCUT2D eigenvalue weighted by Crippen LogP contribution is 2.17. The van der Waals surface area contributed by atoms with Gasteiger partial charge in [0.2, 0.25) is 0 Å². The van der Waals surface area contributed by atoms with Gasteiger partial charge in [-0.15, -0.1) is 0 Å². The largest absolute Gasteiger partial charge is 0.376 e. The SMILES string of the molecule is CC(C)[C@H]1CN(C(C)C)C[C@@H](C)CO1. The Bertz CT molecular complexity index is 168. The summed E-state index contributed by atoms with van der Waals surface area (Å²) in [6.45, 7) is 14.5. The van der Waals surface area contributed by atoms with E-state index in [4.69, 9.17) is 4.74 Å². The van der Waals surface area contributed by atoms with Crippen molar-refractivity contribution in [1.29, 1.82) is 0 Å². The minimum absolute atomic E-state index is 0.419. The van der Waals surface area contributed by atoms with Crippen LogP contribution in [0, 0.1) is 11.8 Å². The molecule has 1 saturated heterocycles. The summed E-state index contributed by atoms with van der Waals surface area (Å²) in [4.78, 5) is 2.54. The Morgan fingerprint density at radius 1 is 1.14 bits per heavy atom. The van der Waals surface area contributed by atoms with Crippen LogP contribution in [0.25, 0.3) is 0 Å². The van der Waals surface area contributed by atoms with Gasteiger partial charge in [0.1, 0.15) is 0 Å². The summed E-state index contributed by atoms with van der Waals surface area (Å²) in [5, 5.41) is 0. The van der Waals surface area contributed by atoms with Crippen molar-refractivity contribution in [3.8, 4) is 0 Å². The predicted octanol–water partition coefficient (Wildman–Crippen LogP) is 2.39. The zero-order valence-corrected chi connectivity index (χ0v) is 10.3. The van der Waals surface area contributed by atoms with E-state index in [-0.39, 0.29) is 0 Å². The summed E-state index contributed by atoms with van der Waals surface area (Å²) in [6.07, 6.45) is 0.419. The molecule has 0 aromatic carbocycles. The fourth-order valence-electron chi connectivity index (χ4n) is 1.92. The first-order valence-electron chi connectivity index (χ1n) is 5.86. The molecule has 0 spiro atoms. The second-order valence-electron chi connectivity index (χ2n) is 5.27. The lowest BCUT2D eigenvalue weighted by atomic mass is 10.1. The zero-order valence-electron chi connectivity index (χ0n) is 10.3. The van der Waals surface area contributed by atoms with E-state index < -0.39 is 0 Å². The molecule has 2 heteroatoms. The maximum atomic E-state index is 5.92. The van der Waals surface area contributed by atoms with Crippen LogP contribution in [0.15, 0.2) is 0 Å². The first-order chi connectivity index (χ1) is 6.50. The number of hydrogen-bond donors (Lipinski definition) is 0. The van der Waals surface area contributed by atoms with Crippen LogP contribution >= 0.6 is 0 Å². The molecule has 0 bridgehead atoms. The van der Waals surface area contributed by atoms with E-state index in [2.05, 4.69) is 39.5 Å². The molecule has 0 saturated carbocycles. The number of rotatable bonds is 2. The molecule has 0 aromatic rings. The highest BCUT2D eigenvalue weighted by Gasteiger charge is 2.25. The Morgan fingerprint density at radius 3 is 2.29 bits per heavy atom. The van der Waals surface area contributed by atoms with Gasteiger partial charge in [-0.05, 0) is 25.7 Å². The van der Waals surface area contributed by atoms with Gasteiger partial charge < -0.3 is 4.74 Å². The Balaban J connectivity index is 2.59. The van der Waals surface area contributed by atoms with Crippen LogP contribution in [0.3, 0.4) is 0 Å². The van der Waals surface area contributed by atoms with Crippen molar-refractivity contribution in [1.82, 2.24) is 4.90 Å². The van der Waals surface area contributed by atoms with E-state index in [1.54, 1.807) is 0 Å². The van der Waals surface area contributed by atoms with Crippen molar-refractivity contribution in [2.75, 3.05) is 19.7 Å². The van der Waals surface area contributed by atoms with Gasteiger partial charge >= 0.3 is 0 Å². The van der Waals surface area contributed by atoms with E-state index in [1.807, 2.05) is 0 Å². The summed E-state index contributed by atoms with van der Waals surface area (Å²) < 4.78 is 5.92. The van der Waals surface area contributed by atoms with Crippen LogP contribution in [0.1, 0.15) is 34.6 Å². The van der Waals surface area contributed by atoms with Crippen LogP contribution in [-0.4, -0.2) is 36.7 Å². The normalized spacial score (nSPS) is 31.1. The molecule has 1 heterocycles. The maximum Gasteiger partial charge on any atom is 0.0725 e. The molecule has 84 valence electrons. The topological polar surface area (TPSA) is 12.5 Å². The number of ether oxygens (including phenoxy) is 1. The molecular formula is C12H25NO. The lowest BCUT2D eigenvalue weighted by Gasteiger charge is -2.29. The minimum atomic E-state index is 0.419. The second kappa shape index (κ2) is 5.13. The van der Waals surface area contributed by atoms with Gasteiger partial charge in [-0.3, -0.25) is 4.90 Å². The molecule has 0 radical (unpaired) electrons. The lowest BCUT2D eigenvalue weighted by molar-refractivity contribution is 0.0129. The summed E-state index contributed by atoms with van der Waals surface area (Å²) in [5.74, 6) is 1.29. The summed E-state index contributed by atoms with van der Waals surface area (Å²) in [6, 6.07) is 0.639. The van der Waals surface area contributed by atoms with E-state index >= 15 is 0 Å². The van der Waals surface area contributed by atoms with Gasteiger partial charge in [0.15, 0.2) is 0 Å². The lowest BCUT2D eigenvalue weighted by Crippen LogP contribution is -2.39. The average Bonchev–Trinajstić information content (AvgIpc) is 2.26. The van der Waals surface area contributed by atoms with E-state index in [0.29, 0.717) is 24.0 Å². The van der Waals surface area contributed by atoms with Crippen LogP contribution in [-0.2, 0) is 4.74 Å². The Hall–Kier alpha value is -0.0800. The highest BCUT2D eigenvalue weighted by atomic mass is 16.5. The van der Waals surface area contributed by atoms with Gasteiger partial charge in [-0.1, -0.05) is 20.8 Å². The molecule has 0 amide bonds. The van der Waals surface area contributed by atoms with Gasteiger partial charge in [0.25, 0.3) is 0 Å². The first-order valence-corrected chi connectivity index (χ1v) is 5.86. The molecule has 0 aliphatic carbocycles. The number of hydrogen-bond acceptors (Lipinski definition) is 2. The quantitative estimate of drug-likeness (QED) is 0.677. The average molecular weight is 199 g/mol. The summed E-state index contributed by atoms with van der Waals surface area (Å²) >= 11 is 0. The minimum Gasteiger partial charge on any atom is -0.376 e. The van der Waals surface area contributed by atoms with Crippen molar-refractivity contribution >= 4 is 0 Å². The van der Waals surface area contributed by atoms with Gasteiger partial charge in [-0.2, -0.15) is 0 Å².